The number of carbonyl (C=O) groups is 1. The molecule has 0 aliphatic carbocycles. The maximum absolute atomic E-state index is 12.8. The van der Waals surface area contributed by atoms with E-state index in [0.717, 1.165) is 25.1 Å². The van der Waals surface area contributed by atoms with Crippen LogP contribution < -0.4 is 10.6 Å². The van der Waals surface area contributed by atoms with Crippen LogP contribution in [0.4, 0.5) is 0 Å². The first kappa shape index (κ1) is 17.7. The summed E-state index contributed by atoms with van der Waals surface area (Å²) in [5, 5.41) is 10.8. The number of rotatable bonds is 5. The molecule has 1 amide bonds. The lowest BCUT2D eigenvalue weighted by atomic mass is 9.90. The molecule has 134 valence electrons. The van der Waals surface area contributed by atoms with E-state index in [4.69, 9.17) is 0 Å². The van der Waals surface area contributed by atoms with Crippen molar-refractivity contribution in [3.8, 4) is 0 Å². The molecule has 1 aliphatic heterocycles. The Labute approximate surface area is 149 Å². The van der Waals surface area contributed by atoms with Crippen LogP contribution in [0.3, 0.4) is 0 Å². The minimum absolute atomic E-state index is 0.0363. The van der Waals surface area contributed by atoms with Crippen molar-refractivity contribution >= 4 is 5.91 Å². The van der Waals surface area contributed by atoms with Crippen molar-refractivity contribution < 1.29 is 4.79 Å². The summed E-state index contributed by atoms with van der Waals surface area (Å²) in [5.41, 5.74) is 4.99. The first-order chi connectivity index (χ1) is 11.9. The SMILES string of the molecule is Cc1ccc(CC(C)NC(=O)[C@H]2CNC[C@@H]2c2cnn(C)c2)c(C)c1. The van der Waals surface area contributed by atoms with Crippen LogP contribution in [0.5, 0.6) is 0 Å². The Morgan fingerprint density at radius 1 is 1.40 bits per heavy atom. The quantitative estimate of drug-likeness (QED) is 0.876. The lowest BCUT2D eigenvalue weighted by Crippen LogP contribution is -2.40. The van der Waals surface area contributed by atoms with Crippen molar-refractivity contribution in [2.45, 2.75) is 39.2 Å². The second-order valence-corrected chi connectivity index (χ2v) is 7.36. The van der Waals surface area contributed by atoms with Crippen molar-refractivity contribution in [3.05, 3.63) is 52.8 Å². The van der Waals surface area contributed by atoms with Gasteiger partial charge in [-0.2, -0.15) is 5.10 Å². The smallest absolute Gasteiger partial charge is 0.225 e. The van der Waals surface area contributed by atoms with E-state index in [1.165, 1.54) is 16.7 Å². The summed E-state index contributed by atoms with van der Waals surface area (Å²) in [6.07, 6.45) is 4.74. The highest BCUT2D eigenvalue weighted by molar-refractivity contribution is 5.80. The monoisotopic (exact) mass is 340 g/mol. The molecule has 0 saturated carbocycles. The maximum Gasteiger partial charge on any atom is 0.225 e. The highest BCUT2D eigenvalue weighted by Gasteiger charge is 2.35. The fourth-order valence-electron chi connectivity index (χ4n) is 3.74. The van der Waals surface area contributed by atoms with Crippen molar-refractivity contribution in [2.24, 2.45) is 13.0 Å². The molecule has 2 aromatic rings. The summed E-state index contributed by atoms with van der Waals surface area (Å²) >= 11 is 0. The van der Waals surface area contributed by atoms with Crippen LogP contribution in [0.2, 0.25) is 0 Å². The number of hydrogen-bond acceptors (Lipinski definition) is 3. The molecule has 2 N–H and O–H groups in total. The van der Waals surface area contributed by atoms with Crippen molar-refractivity contribution in [1.82, 2.24) is 20.4 Å². The van der Waals surface area contributed by atoms with E-state index < -0.39 is 0 Å². The Morgan fingerprint density at radius 3 is 2.88 bits per heavy atom. The zero-order chi connectivity index (χ0) is 18.0. The van der Waals surface area contributed by atoms with Crippen molar-refractivity contribution in [1.29, 1.82) is 0 Å². The highest BCUT2D eigenvalue weighted by Crippen LogP contribution is 2.28. The fourth-order valence-corrected chi connectivity index (χ4v) is 3.74. The van der Waals surface area contributed by atoms with Gasteiger partial charge in [-0.15, -0.1) is 0 Å². The van der Waals surface area contributed by atoms with Crippen molar-refractivity contribution in [2.75, 3.05) is 13.1 Å². The number of benzene rings is 1. The molecule has 5 heteroatoms. The van der Waals surface area contributed by atoms with E-state index in [0.29, 0.717) is 0 Å². The van der Waals surface area contributed by atoms with Crippen molar-refractivity contribution in [3.63, 3.8) is 0 Å². The molecule has 0 radical (unpaired) electrons. The molecular formula is C20H28N4O. The molecule has 3 atom stereocenters. The van der Waals surface area contributed by atoms with Gasteiger partial charge in [0.25, 0.3) is 0 Å². The molecule has 1 unspecified atom stereocenters. The van der Waals surface area contributed by atoms with Gasteiger partial charge in [-0.3, -0.25) is 9.48 Å². The molecule has 1 aromatic heterocycles. The molecule has 0 bridgehead atoms. The minimum Gasteiger partial charge on any atom is -0.353 e. The third-order valence-electron chi connectivity index (χ3n) is 5.12. The first-order valence-electron chi connectivity index (χ1n) is 9.00. The highest BCUT2D eigenvalue weighted by atomic mass is 16.2. The molecule has 25 heavy (non-hydrogen) atoms. The Morgan fingerprint density at radius 2 is 2.20 bits per heavy atom. The van der Waals surface area contributed by atoms with Crippen LogP contribution in [-0.2, 0) is 18.3 Å². The van der Waals surface area contributed by atoms with Crippen LogP contribution in [0.15, 0.2) is 30.6 Å². The zero-order valence-corrected chi connectivity index (χ0v) is 15.5. The molecular weight excluding hydrogens is 312 g/mol. The van der Waals surface area contributed by atoms with E-state index in [1.807, 2.05) is 19.4 Å². The molecule has 2 heterocycles. The van der Waals surface area contributed by atoms with Gasteiger partial charge < -0.3 is 10.6 Å². The molecule has 0 spiro atoms. The Hall–Kier alpha value is -2.14. The molecule has 1 fully saturated rings. The van der Waals surface area contributed by atoms with Crippen LogP contribution >= 0.6 is 0 Å². The van der Waals surface area contributed by atoms with Gasteiger partial charge in [0.2, 0.25) is 5.91 Å². The predicted octanol–water partition coefficient (Wildman–Crippen LogP) is 2.09. The van der Waals surface area contributed by atoms with Gasteiger partial charge in [-0.25, -0.2) is 0 Å². The molecule has 1 saturated heterocycles. The number of aromatic nitrogens is 2. The minimum atomic E-state index is -0.0363. The van der Waals surface area contributed by atoms with Crippen LogP contribution in [0, 0.1) is 19.8 Å². The lowest BCUT2D eigenvalue weighted by molar-refractivity contribution is -0.125. The Bertz CT molecular complexity index is 752. The van der Waals surface area contributed by atoms with Gasteiger partial charge in [0.1, 0.15) is 0 Å². The predicted molar refractivity (Wildman–Crippen MR) is 99.5 cm³/mol. The number of amides is 1. The topological polar surface area (TPSA) is 59.0 Å². The number of hydrogen-bond donors (Lipinski definition) is 2. The summed E-state index contributed by atoms with van der Waals surface area (Å²) in [6.45, 7) is 7.87. The van der Waals surface area contributed by atoms with Gasteiger partial charge in [-0.1, -0.05) is 23.8 Å². The average molecular weight is 340 g/mol. The summed E-state index contributed by atoms with van der Waals surface area (Å²) in [6, 6.07) is 6.62. The van der Waals surface area contributed by atoms with E-state index in [-0.39, 0.29) is 23.8 Å². The van der Waals surface area contributed by atoms with Gasteiger partial charge in [0, 0.05) is 38.3 Å². The molecule has 5 nitrogen and oxygen atoms in total. The second kappa shape index (κ2) is 7.40. The summed E-state index contributed by atoms with van der Waals surface area (Å²) < 4.78 is 1.80. The summed E-state index contributed by atoms with van der Waals surface area (Å²) in [5.74, 6) is 0.295. The number of aryl methyl sites for hydroxylation is 3. The van der Waals surface area contributed by atoms with Crippen LogP contribution in [0.25, 0.3) is 0 Å². The number of carbonyl (C=O) groups excluding carboxylic acids is 1. The van der Waals surface area contributed by atoms with Gasteiger partial charge in [-0.05, 0) is 43.9 Å². The van der Waals surface area contributed by atoms with Gasteiger partial charge >= 0.3 is 0 Å². The van der Waals surface area contributed by atoms with E-state index in [1.54, 1.807) is 4.68 Å². The molecule has 1 aliphatic rings. The Balaban J connectivity index is 1.62. The maximum atomic E-state index is 12.8. The van der Waals surface area contributed by atoms with Crippen LogP contribution in [0.1, 0.15) is 35.1 Å². The van der Waals surface area contributed by atoms with E-state index in [9.17, 15) is 4.79 Å². The third-order valence-corrected chi connectivity index (χ3v) is 5.12. The second-order valence-electron chi connectivity index (χ2n) is 7.36. The third kappa shape index (κ3) is 4.10. The van der Waals surface area contributed by atoms with Crippen LogP contribution in [-0.4, -0.2) is 34.8 Å². The molecule has 1 aromatic carbocycles. The summed E-state index contributed by atoms with van der Waals surface area (Å²) in [7, 11) is 1.91. The number of nitrogens with one attached hydrogen (secondary N) is 2. The van der Waals surface area contributed by atoms with E-state index in [2.05, 4.69) is 54.7 Å². The van der Waals surface area contributed by atoms with Gasteiger partial charge in [0.15, 0.2) is 0 Å². The summed E-state index contributed by atoms with van der Waals surface area (Å²) in [4.78, 5) is 12.8. The average Bonchev–Trinajstić information content (AvgIpc) is 3.18. The largest absolute Gasteiger partial charge is 0.353 e. The first-order valence-corrected chi connectivity index (χ1v) is 9.00. The molecule has 3 rings (SSSR count). The fraction of sp³-hybridized carbons (Fsp3) is 0.500. The lowest BCUT2D eigenvalue weighted by Gasteiger charge is -2.21. The normalized spacial score (nSPS) is 21.3. The Kier molecular flexibility index (Phi) is 5.23. The van der Waals surface area contributed by atoms with E-state index >= 15 is 0 Å². The number of nitrogens with zero attached hydrogens (tertiary/aromatic N) is 2. The van der Waals surface area contributed by atoms with Gasteiger partial charge in [0.05, 0.1) is 12.1 Å². The zero-order valence-electron chi connectivity index (χ0n) is 15.5. The standard InChI is InChI=1S/C20H28N4O/c1-13-5-6-16(14(2)7-13)8-15(3)23-20(25)19-11-21-10-18(19)17-9-22-24(4)12-17/h5-7,9,12,15,18-19,21H,8,10-11H2,1-4H3,(H,23,25)/t15?,18-,19+/m1/s1.